The van der Waals surface area contributed by atoms with Gasteiger partial charge in [-0.05, 0) is 22.0 Å². The lowest BCUT2D eigenvalue weighted by Crippen LogP contribution is -1.81. The van der Waals surface area contributed by atoms with Crippen LogP contribution in [0.3, 0.4) is 0 Å². The van der Waals surface area contributed by atoms with Crippen LogP contribution in [-0.2, 0) is 0 Å². The summed E-state index contributed by atoms with van der Waals surface area (Å²) in [5.41, 5.74) is 7.30. The number of nitrogens with one attached hydrogen (secondary N) is 1. The quantitative estimate of drug-likeness (QED) is 0.797. The third-order valence-electron chi connectivity index (χ3n) is 1.61. The number of aromatic nitrogens is 3. The Kier molecular flexibility index (Phi) is 2.02. The summed E-state index contributed by atoms with van der Waals surface area (Å²) in [7, 11) is 0. The van der Waals surface area contributed by atoms with Gasteiger partial charge in [-0.25, -0.2) is 0 Å². The van der Waals surface area contributed by atoms with E-state index in [4.69, 9.17) is 5.73 Å². The van der Waals surface area contributed by atoms with E-state index in [1.165, 1.54) is 0 Å². The minimum atomic E-state index is 0.481. The molecule has 5 heteroatoms. The molecule has 0 aromatic carbocycles. The number of anilines is 1. The van der Waals surface area contributed by atoms with E-state index in [0.717, 1.165) is 15.7 Å². The molecular formula is C8H7BrN4. The zero-order chi connectivity index (χ0) is 9.26. The summed E-state index contributed by atoms with van der Waals surface area (Å²) in [5.74, 6) is 0.481. The van der Waals surface area contributed by atoms with Gasteiger partial charge in [-0.3, -0.25) is 10.1 Å². The van der Waals surface area contributed by atoms with Gasteiger partial charge in [-0.1, -0.05) is 0 Å². The maximum Gasteiger partial charge on any atom is 0.145 e. The minimum Gasteiger partial charge on any atom is -0.382 e. The summed E-state index contributed by atoms with van der Waals surface area (Å²) in [5, 5.41) is 6.65. The first kappa shape index (κ1) is 8.25. The van der Waals surface area contributed by atoms with Gasteiger partial charge >= 0.3 is 0 Å². The number of nitrogens with two attached hydrogens (primary N) is 1. The van der Waals surface area contributed by atoms with Crippen LogP contribution in [0.15, 0.2) is 29.0 Å². The number of hydrogen-bond acceptors (Lipinski definition) is 3. The first-order chi connectivity index (χ1) is 6.25. The SMILES string of the molecule is Nc1cc(-c2cncc(Br)c2)[nH]n1. The van der Waals surface area contributed by atoms with Crippen LogP contribution in [0.2, 0.25) is 0 Å². The van der Waals surface area contributed by atoms with E-state index in [-0.39, 0.29) is 0 Å². The second-order valence-electron chi connectivity index (χ2n) is 2.60. The number of nitrogens with zero attached hydrogens (tertiary/aromatic N) is 2. The van der Waals surface area contributed by atoms with Gasteiger partial charge in [-0.2, -0.15) is 5.10 Å². The van der Waals surface area contributed by atoms with E-state index in [1.807, 2.05) is 6.07 Å². The maximum atomic E-state index is 5.48. The van der Waals surface area contributed by atoms with Gasteiger partial charge in [0.25, 0.3) is 0 Å². The van der Waals surface area contributed by atoms with Crippen LogP contribution in [-0.4, -0.2) is 15.2 Å². The van der Waals surface area contributed by atoms with Gasteiger partial charge in [0, 0.05) is 28.5 Å². The van der Waals surface area contributed by atoms with Crippen LogP contribution in [0.4, 0.5) is 5.82 Å². The predicted octanol–water partition coefficient (Wildman–Crippen LogP) is 1.82. The lowest BCUT2D eigenvalue weighted by Gasteiger charge is -1.95. The molecule has 0 saturated carbocycles. The highest BCUT2D eigenvalue weighted by atomic mass is 79.9. The highest BCUT2D eigenvalue weighted by Gasteiger charge is 2.01. The Labute approximate surface area is 83.3 Å². The van der Waals surface area contributed by atoms with Gasteiger partial charge in [0.1, 0.15) is 5.82 Å². The molecule has 66 valence electrons. The molecule has 2 aromatic rings. The fourth-order valence-electron chi connectivity index (χ4n) is 1.04. The monoisotopic (exact) mass is 238 g/mol. The summed E-state index contributed by atoms with van der Waals surface area (Å²) in [4.78, 5) is 4.03. The first-order valence-electron chi connectivity index (χ1n) is 3.67. The Morgan fingerprint density at radius 2 is 2.15 bits per heavy atom. The van der Waals surface area contributed by atoms with Crippen molar-refractivity contribution in [3.63, 3.8) is 0 Å². The number of nitrogen functional groups attached to an aromatic ring is 1. The molecule has 2 aromatic heterocycles. The standard InChI is InChI=1S/C8H7BrN4/c9-6-1-5(3-11-4-6)7-2-8(10)13-12-7/h1-4H,(H3,10,12,13). The Bertz CT molecular complexity index is 424. The van der Waals surface area contributed by atoms with Gasteiger partial charge in [-0.15, -0.1) is 0 Å². The van der Waals surface area contributed by atoms with E-state index in [9.17, 15) is 0 Å². The van der Waals surface area contributed by atoms with E-state index < -0.39 is 0 Å². The molecule has 13 heavy (non-hydrogen) atoms. The number of aromatic amines is 1. The molecule has 0 amide bonds. The molecule has 2 rings (SSSR count). The zero-order valence-electron chi connectivity index (χ0n) is 6.66. The molecule has 4 nitrogen and oxygen atoms in total. The van der Waals surface area contributed by atoms with Gasteiger partial charge in [0.05, 0.1) is 5.69 Å². The van der Waals surface area contributed by atoms with Crippen LogP contribution in [0.25, 0.3) is 11.3 Å². The lowest BCUT2D eigenvalue weighted by molar-refractivity contribution is 1.10. The van der Waals surface area contributed by atoms with Crippen LogP contribution in [0.1, 0.15) is 0 Å². The molecule has 3 N–H and O–H groups in total. The van der Waals surface area contributed by atoms with E-state index >= 15 is 0 Å². The van der Waals surface area contributed by atoms with Crippen LogP contribution in [0, 0.1) is 0 Å². The summed E-state index contributed by atoms with van der Waals surface area (Å²) >= 11 is 3.34. The molecule has 0 spiro atoms. The fourth-order valence-corrected chi connectivity index (χ4v) is 1.41. The minimum absolute atomic E-state index is 0.481. The third kappa shape index (κ3) is 1.70. The van der Waals surface area contributed by atoms with Crippen molar-refractivity contribution in [2.24, 2.45) is 0 Å². The summed E-state index contributed by atoms with van der Waals surface area (Å²) in [6.07, 6.45) is 3.47. The normalized spacial score (nSPS) is 10.2. The molecule has 0 radical (unpaired) electrons. The van der Waals surface area contributed by atoms with Crippen molar-refractivity contribution >= 4 is 21.7 Å². The molecule has 0 fully saturated rings. The van der Waals surface area contributed by atoms with Crippen molar-refractivity contribution in [1.29, 1.82) is 0 Å². The average molecular weight is 239 g/mol. The van der Waals surface area contributed by atoms with Crippen molar-refractivity contribution in [3.05, 3.63) is 29.0 Å². The molecule has 0 unspecified atom stereocenters. The largest absolute Gasteiger partial charge is 0.382 e. The molecule has 0 aliphatic heterocycles. The van der Waals surface area contributed by atoms with Gasteiger partial charge < -0.3 is 5.73 Å². The van der Waals surface area contributed by atoms with Crippen LogP contribution < -0.4 is 5.73 Å². The van der Waals surface area contributed by atoms with E-state index in [1.54, 1.807) is 18.5 Å². The fraction of sp³-hybridized carbons (Fsp3) is 0. The summed E-state index contributed by atoms with van der Waals surface area (Å²) in [6, 6.07) is 3.71. The number of H-pyrrole nitrogens is 1. The van der Waals surface area contributed by atoms with E-state index in [0.29, 0.717) is 5.82 Å². The Morgan fingerprint density at radius 1 is 1.31 bits per heavy atom. The van der Waals surface area contributed by atoms with Crippen molar-refractivity contribution in [3.8, 4) is 11.3 Å². The molecule has 0 bridgehead atoms. The third-order valence-corrected chi connectivity index (χ3v) is 2.05. The van der Waals surface area contributed by atoms with Crippen LogP contribution in [0.5, 0.6) is 0 Å². The van der Waals surface area contributed by atoms with Crippen molar-refractivity contribution < 1.29 is 0 Å². The highest BCUT2D eigenvalue weighted by Crippen LogP contribution is 2.20. The number of hydrogen-bond donors (Lipinski definition) is 2. The molecule has 0 atom stereocenters. The molecular weight excluding hydrogens is 232 g/mol. The Balaban J connectivity index is 2.46. The lowest BCUT2D eigenvalue weighted by atomic mass is 10.2. The maximum absolute atomic E-state index is 5.48. The van der Waals surface area contributed by atoms with Crippen LogP contribution >= 0.6 is 15.9 Å². The highest BCUT2D eigenvalue weighted by molar-refractivity contribution is 9.10. The van der Waals surface area contributed by atoms with Crippen molar-refractivity contribution in [2.45, 2.75) is 0 Å². The number of rotatable bonds is 1. The smallest absolute Gasteiger partial charge is 0.145 e. The van der Waals surface area contributed by atoms with E-state index in [2.05, 4.69) is 31.1 Å². The Hall–Kier alpha value is -1.36. The van der Waals surface area contributed by atoms with Crippen molar-refractivity contribution in [1.82, 2.24) is 15.2 Å². The zero-order valence-corrected chi connectivity index (χ0v) is 8.25. The van der Waals surface area contributed by atoms with Gasteiger partial charge in [0.15, 0.2) is 0 Å². The second-order valence-corrected chi connectivity index (χ2v) is 3.51. The number of pyridine rings is 1. The molecule has 0 aliphatic rings. The number of halogens is 1. The topological polar surface area (TPSA) is 67.6 Å². The van der Waals surface area contributed by atoms with Gasteiger partial charge in [0.2, 0.25) is 0 Å². The first-order valence-corrected chi connectivity index (χ1v) is 4.47. The molecule has 0 aliphatic carbocycles. The molecule has 0 saturated heterocycles. The average Bonchev–Trinajstić information content (AvgIpc) is 2.52. The summed E-state index contributed by atoms with van der Waals surface area (Å²) in [6.45, 7) is 0. The summed E-state index contributed by atoms with van der Waals surface area (Å²) < 4.78 is 0.929. The molecule has 2 heterocycles. The predicted molar refractivity (Wildman–Crippen MR) is 53.9 cm³/mol. The second kappa shape index (κ2) is 3.18. The van der Waals surface area contributed by atoms with Crippen molar-refractivity contribution in [2.75, 3.05) is 5.73 Å². The Morgan fingerprint density at radius 3 is 2.77 bits per heavy atom.